The third kappa shape index (κ3) is 5.94. The Morgan fingerprint density at radius 3 is 2.59 bits per heavy atom. The monoisotopic (exact) mass is 501 g/mol. The van der Waals surface area contributed by atoms with Gasteiger partial charge in [0.25, 0.3) is 5.91 Å². The molecule has 0 saturated heterocycles. The largest absolute Gasteiger partial charge is 0.503 e. The number of ketones is 1. The van der Waals surface area contributed by atoms with E-state index >= 15 is 0 Å². The van der Waals surface area contributed by atoms with Crippen LogP contribution < -0.4 is 9.47 Å². The summed E-state index contributed by atoms with van der Waals surface area (Å²) in [5.74, 6) is -0.0791. The van der Waals surface area contributed by atoms with Crippen molar-refractivity contribution in [3.63, 3.8) is 0 Å². The fourth-order valence-corrected chi connectivity index (χ4v) is 4.32. The third-order valence-corrected chi connectivity index (χ3v) is 6.21. The van der Waals surface area contributed by atoms with Crippen LogP contribution in [0.2, 0.25) is 0 Å². The molecule has 0 aliphatic carbocycles. The summed E-state index contributed by atoms with van der Waals surface area (Å²) < 4.78 is 16.9. The molecule has 192 valence electrons. The molecule has 1 unspecified atom stereocenters. The highest BCUT2D eigenvalue weighted by atomic mass is 16.5. The summed E-state index contributed by atoms with van der Waals surface area (Å²) >= 11 is 0. The summed E-state index contributed by atoms with van der Waals surface area (Å²) in [6, 6.07) is 17.3. The van der Waals surface area contributed by atoms with Gasteiger partial charge in [-0.25, -0.2) is 0 Å². The van der Waals surface area contributed by atoms with E-state index in [1.165, 1.54) is 17.2 Å². The van der Waals surface area contributed by atoms with E-state index in [0.717, 1.165) is 24.8 Å². The molecule has 1 aromatic heterocycles. The number of unbranched alkanes of at least 4 members (excludes halogenated alkanes) is 2. The molecule has 1 amide bonds. The Kier molecular flexibility index (Phi) is 8.46. The smallest absolute Gasteiger partial charge is 0.290 e. The number of rotatable bonds is 12. The predicted octanol–water partition coefficient (Wildman–Crippen LogP) is 6.04. The van der Waals surface area contributed by atoms with Crippen LogP contribution in [0.25, 0.3) is 6.08 Å². The van der Waals surface area contributed by atoms with E-state index in [0.29, 0.717) is 29.4 Å². The number of ether oxygens (including phenoxy) is 2. The van der Waals surface area contributed by atoms with Gasteiger partial charge in [-0.05, 0) is 47.9 Å². The summed E-state index contributed by atoms with van der Waals surface area (Å²) in [6.45, 7) is 2.77. The highest BCUT2D eigenvalue weighted by Gasteiger charge is 2.43. The zero-order valence-corrected chi connectivity index (χ0v) is 21.1. The van der Waals surface area contributed by atoms with Crippen LogP contribution in [0.5, 0.6) is 11.5 Å². The van der Waals surface area contributed by atoms with Crippen molar-refractivity contribution in [3.8, 4) is 11.5 Å². The number of aliphatic hydroxyl groups excluding tert-OH is 1. The number of hydrogen-bond acceptors (Lipinski definition) is 6. The molecule has 37 heavy (non-hydrogen) atoms. The number of carbonyl (C=O) groups excluding carboxylic acids is 2. The van der Waals surface area contributed by atoms with Crippen molar-refractivity contribution in [3.05, 3.63) is 101 Å². The minimum absolute atomic E-state index is 0.00223. The van der Waals surface area contributed by atoms with E-state index in [1.54, 1.807) is 43.5 Å². The number of hydrogen-bond donors (Lipinski definition) is 1. The van der Waals surface area contributed by atoms with Crippen molar-refractivity contribution in [1.82, 2.24) is 4.90 Å². The maximum absolute atomic E-state index is 13.4. The molecule has 0 bridgehead atoms. The van der Waals surface area contributed by atoms with Gasteiger partial charge < -0.3 is 23.9 Å². The van der Waals surface area contributed by atoms with Crippen LogP contribution in [0.1, 0.15) is 49.1 Å². The molecule has 0 radical (unpaired) electrons. The van der Waals surface area contributed by atoms with Gasteiger partial charge in [0.05, 0.1) is 38.1 Å². The van der Waals surface area contributed by atoms with Gasteiger partial charge in [-0.15, -0.1) is 0 Å². The molecule has 2 heterocycles. The number of benzene rings is 2. The van der Waals surface area contributed by atoms with Crippen LogP contribution in [-0.2, 0) is 16.1 Å². The minimum atomic E-state index is -0.839. The molecule has 1 atom stereocenters. The average Bonchev–Trinajstić information content (AvgIpc) is 3.53. The van der Waals surface area contributed by atoms with Crippen LogP contribution in [0.3, 0.4) is 0 Å². The Hall–Kier alpha value is -4.26. The first-order chi connectivity index (χ1) is 18.0. The molecule has 2 aromatic carbocycles. The first-order valence-corrected chi connectivity index (χ1v) is 12.4. The number of carbonyl (C=O) groups is 2. The van der Waals surface area contributed by atoms with Crippen LogP contribution in [0.4, 0.5) is 0 Å². The van der Waals surface area contributed by atoms with Crippen LogP contribution in [0.15, 0.2) is 88.8 Å². The number of furan rings is 1. The summed E-state index contributed by atoms with van der Waals surface area (Å²) in [7, 11) is 1.54. The second-order valence-corrected chi connectivity index (χ2v) is 8.75. The van der Waals surface area contributed by atoms with Crippen LogP contribution >= 0.6 is 0 Å². The summed E-state index contributed by atoms with van der Waals surface area (Å²) in [5, 5.41) is 10.9. The fraction of sp³-hybridized carbons (Fsp3) is 0.267. The molecule has 0 fully saturated rings. The quantitative estimate of drug-likeness (QED) is 0.241. The normalized spacial score (nSPS) is 15.6. The number of amides is 1. The first-order valence-electron chi connectivity index (χ1n) is 12.4. The van der Waals surface area contributed by atoms with Gasteiger partial charge >= 0.3 is 0 Å². The van der Waals surface area contributed by atoms with Crippen molar-refractivity contribution in [1.29, 1.82) is 0 Å². The van der Waals surface area contributed by atoms with E-state index in [9.17, 15) is 14.7 Å². The Balaban J connectivity index is 1.69. The van der Waals surface area contributed by atoms with E-state index < -0.39 is 23.5 Å². The van der Waals surface area contributed by atoms with E-state index in [4.69, 9.17) is 13.9 Å². The summed E-state index contributed by atoms with van der Waals surface area (Å²) in [4.78, 5) is 28.0. The van der Waals surface area contributed by atoms with Gasteiger partial charge in [-0.3, -0.25) is 9.59 Å². The van der Waals surface area contributed by atoms with Crippen molar-refractivity contribution in [2.45, 2.75) is 38.8 Å². The second kappa shape index (κ2) is 12.1. The summed E-state index contributed by atoms with van der Waals surface area (Å²) in [5.41, 5.74) is 1.44. The number of methoxy groups -OCH3 is 1. The lowest BCUT2D eigenvalue weighted by atomic mass is 9.95. The number of aliphatic hydroxyl groups is 1. The lowest BCUT2D eigenvalue weighted by Crippen LogP contribution is -2.30. The Morgan fingerprint density at radius 2 is 1.89 bits per heavy atom. The molecule has 3 aromatic rings. The standard InChI is InChI=1S/C30H31NO6/c1-3-4-8-17-37-25-16-14-22(19-26(25)35-2)28-27(24(32)15-13-21-10-6-5-7-11-21)29(33)30(34)31(28)20-23-12-9-18-36-23/h5-7,9-16,18-19,28,33H,3-4,8,17,20H2,1-2H3/b15-13+. The van der Waals surface area contributed by atoms with Gasteiger partial charge in [0.1, 0.15) is 5.76 Å². The van der Waals surface area contributed by atoms with E-state index in [2.05, 4.69) is 6.92 Å². The highest BCUT2D eigenvalue weighted by molar-refractivity contribution is 6.14. The van der Waals surface area contributed by atoms with Gasteiger partial charge in [-0.2, -0.15) is 0 Å². The molecule has 4 rings (SSSR count). The highest BCUT2D eigenvalue weighted by Crippen LogP contribution is 2.41. The second-order valence-electron chi connectivity index (χ2n) is 8.75. The van der Waals surface area contributed by atoms with Gasteiger partial charge in [-0.1, -0.05) is 62.2 Å². The molecule has 7 nitrogen and oxygen atoms in total. The Labute approximate surface area is 216 Å². The Morgan fingerprint density at radius 1 is 1.08 bits per heavy atom. The molecule has 1 N–H and O–H groups in total. The van der Waals surface area contributed by atoms with Crippen molar-refractivity contribution in [2.24, 2.45) is 0 Å². The topological polar surface area (TPSA) is 89.2 Å². The van der Waals surface area contributed by atoms with Gasteiger partial charge in [0, 0.05) is 0 Å². The molecular formula is C30H31NO6. The molecule has 0 spiro atoms. The zero-order valence-electron chi connectivity index (χ0n) is 21.1. The van der Waals surface area contributed by atoms with E-state index in [-0.39, 0.29) is 12.1 Å². The van der Waals surface area contributed by atoms with Crippen LogP contribution in [-0.4, -0.2) is 35.4 Å². The van der Waals surface area contributed by atoms with Gasteiger partial charge in [0.2, 0.25) is 0 Å². The predicted molar refractivity (Wildman–Crippen MR) is 140 cm³/mol. The van der Waals surface area contributed by atoms with Crippen molar-refractivity contribution >= 4 is 17.8 Å². The molecule has 1 aliphatic rings. The maximum atomic E-state index is 13.4. The summed E-state index contributed by atoms with van der Waals surface area (Å²) in [6.07, 6.45) is 7.64. The SMILES string of the molecule is CCCCCOc1ccc(C2C(C(=O)/C=C/c3ccccc3)=C(O)C(=O)N2Cc2ccco2)cc1OC. The molecule has 7 heteroatoms. The minimum Gasteiger partial charge on any atom is -0.503 e. The number of nitrogens with zero attached hydrogens (tertiary/aromatic N) is 1. The average molecular weight is 502 g/mol. The van der Waals surface area contributed by atoms with Crippen molar-refractivity contribution in [2.75, 3.05) is 13.7 Å². The van der Waals surface area contributed by atoms with Crippen LogP contribution in [0, 0.1) is 0 Å². The molecule has 0 saturated carbocycles. The maximum Gasteiger partial charge on any atom is 0.290 e. The first kappa shape index (κ1) is 25.8. The van der Waals surface area contributed by atoms with E-state index in [1.807, 2.05) is 30.3 Å². The third-order valence-electron chi connectivity index (χ3n) is 6.21. The van der Waals surface area contributed by atoms with Crippen molar-refractivity contribution < 1.29 is 28.6 Å². The lowest BCUT2D eigenvalue weighted by Gasteiger charge is -2.26. The van der Waals surface area contributed by atoms with Gasteiger partial charge in [0.15, 0.2) is 23.0 Å². The molecule has 1 aliphatic heterocycles. The fourth-order valence-electron chi connectivity index (χ4n) is 4.32. The molecular weight excluding hydrogens is 470 g/mol. The number of allylic oxidation sites excluding steroid dienone is 1. The zero-order chi connectivity index (χ0) is 26.2. The Bertz CT molecular complexity index is 1280. The lowest BCUT2D eigenvalue weighted by molar-refractivity contribution is -0.130.